The normalized spacial score (nSPS) is 17.0. The van der Waals surface area contributed by atoms with Crippen molar-refractivity contribution in [2.45, 2.75) is 24.9 Å². The smallest absolute Gasteiger partial charge is 0.103 e. The Bertz CT molecular complexity index is 502. The highest BCUT2D eigenvalue weighted by Gasteiger charge is 2.48. The van der Waals surface area contributed by atoms with E-state index in [1.165, 1.54) is 23.4 Å². The van der Waals surface area contributed by atoms with Gasteiger partial charge in [0.05, 0.1) is 12.3 Å². The first-order chi connectivity index (χ1) is 8.35. The molecule has 0 atom stereocenters. The number of nitrogens with zero attached hydrogens (tertiary/aromatic N) is 1. The lowest BCUT2D eigenvalue weighted by Crippen LogP contribution is -2.08. The van der Waals surface area contributed by atoms with E-state index in [9.17, 15) is 0 Å². The van der Waals surface area contributed by atoms with Gasteiger partial charge in [-0.3, -0.25) is 0 Å². The molecule has 17 heavy (non-hydrogen) atoms. The summed E-state index contributed by atoms with van der Waals surface area (Å²) in [6.45, 7) is 0.612. The SMILES string of the molecule is COCc1csc(C2(c3ccccc3)CC2)n1. The largest absolute Gasteiger partial charge is 0.378 e. The number of ether oxygens (including phenoxy) is 1. The van der Waals surface area contributed by atoms with Gasteiger partial charge in [0.15, 0.2) is 0 Å². The summed E-state index contributed by atoms with van der Waals surface area (Å²) in [6.07, 6.45) is 2.44. The number of benzene rings is 1. The molecule has 0 aliphatic heterocycles. The van der Waals surface area contributed by atoms with E-state index >= 15 is 0 Å². The van der Waals surface area contributed by atoms with Crippen molar-refractivity contribution >= 4 is 11.3 Å². The van der Waals surface area contributed by atoms with Crippen molar-refractivity contribution in [3.63, 3.8) is 0 Å². The van der Waals surface area contributed by atoms with E-state index in [2.05, 4.69) is 35.7 Å². The maximum Gasteiger partial charge on any atom is 0.103 e. The molecule has 1 heterocycles. The van der Waals surface area contributed by atoms with E-state index in [0.717, 1.165) is 5.69 Å². The van der Waals surface area contributed by atoms with Crippen LogP contribution in [0.3, 0.4) is 0 Å². The van der Waals surface area contributed by atoms with E-state index in [4.69, 9.17) is 9.72 Å². The molecular weight excluding hydrogens is 230 g/mol. The maximum absolute atomic E-state index is 5.12. The lowest BCUT2D eigenvalue weighted by molar-refractivity contribution is 0.182. The van der Waals surface area contributed by atoms with Crippen LogP contribution in [0.15, 0.2) is 35.7 Å². The van der Waals surface area contributed by atoms with E-state index in [1.807, 2.05) is 0 Å². The van der Waals surface area contributed by atoms with Crippen molar-refractivity contribution in [1.29, 1.82) is 0 Å². The van der Waals surface area contributed by atoms with Crippen LogP contribution in [-0.2, 0) is 16.8 Å². The highest BCUT2D eigenvalue weighted by atomic mass is 32.1. The molecule has 2 nitrogen and oxygen atoms in total. The van der Waals surface area contributed by atoms with Gasteiger partial charge in [-0.15, -0.1) is 11.3 Å². The Morgan fingerprint density at radius 2 is 2.06 bits per heavy atom. The van der Waals surface area contributed by atoms with E-state index in [0.29, 0.717) is 6.61 Å². The van der Waals surface area contributed by atoms with Crippen LogP contribution in [0.2, 0.25) is 0 Å². The highest BCUT2D eigenvalue weighted by Crippen LogP contribution is 2.54. The first-order valence-corrected chi connectivity index (χ1v) is 6.72. The summed E-state index contributed by atoms with van der Waals surface area (Å²) >= 11 is 1.76. The van der Waals surface area contributed by atoms with Crippen LogP contribution in [0.5, 0.6) is 0 Å². The summed E-state index contributed by atoms with van der Waals surface area (Å²) in [6, 6.07) is 10.7. The van der Waals surface area contributed by atoms with Crippen LogP contribution in [0.25, 0.3) is 0 Å². The topological polar surface area (TPSA) is 22.1 Å². The minimum Gasteiger partial charge on any atom is -0.378 e. The molecule has 1 fully saturated rings. The molecule has 1 saturated carbocycles. The first-order valence-electron chi connectivity index (χ1n) is 5.84. The third-order valence-electron chi connectivity index (χ3n) is 3.33. The van der Waals surface area contributed by atoms with Crippen LogP contribution < -0.4 is 0 Å². The molecule has 0 radical (unpaired) electrons. The molecule has 3 rings (SSSR count). The van der Waals surface area contributed by atoms with Crippen LogP contribution in [0.1, 0.15) is 29.1 Å². The van der Waals surface area contributed by atoms with Gasteiger partial charge in [-0.05, 0) is 18.4 Å². The van der Waals surface area contributed by atoms with Gasteiger partial charge in [0.1, 0.15) is 5.01 Å². The predicted octanol–water partition coefficient (Wildman–Crippen LogP) is 3.37. The lowest BCUT2D eigenvalue weighted by Gasteiger charge is -2.12. The molecule has 1 aliphatic rings. The van der Waals surface area contributed by atoms with Gasteiger partial charge < -0.3 is 4.74 Å². The third-order valence-corrected chi connectivity index (χ3v) is 4.42. The molecule has 88 valence electrons. The Hall–Kier alpha value is -1.19. The predicted molar refractivity (Wildman–Crippen MR) is 69.3 cm³/mol. The van der Waals surface area contributed by atoms with Crippen LogP contribution in [0, 0.1) is 0 Å². The molecule has 1 aromatic heterocycles. The summed E-state index contributed by atoms with van der Waals surface area (Å²) in [7, 11) is 1.71. The van der Waals surface area contributed by atoms with Crippen molar-refractivity contribution < 1.29 is 4.74 Å². The molecule has 2 aromatic rings. The molecule has 0 amide bonds. The minimum atomic E-state index is 0.206. The van der Waals surface area contributed by atoms with Crippen LogP contribution in [-0.4, -0.2) is 12.1 Å². The zero-order chi connectivity index (χ0) is 11.7. The first kappa shape index (κ1) is 10.9. The fourth-order valence-corrected chi connectivity index (χ4v) is 3.34. The number of hydrogen-bond donors (Lipinski definition) is 0. The Kier molecular flexibility index (Phi) is 2.73. The number of hydrogen-bond acceptors (Lipinski definition) is 3. The van der Waals surface area contributed by atoms with Gasteiger partial charge >= 0.3 is 0 Å². The monoisotopic (exact) mass is 245 g/mol. The standard InChI is InChI=1S/C14H15NOS/c1-16-9-12-10-17-13(15-12)14(7-8-14)11-5-3-2-4-6-11/h2-6,10H,7-9H2,1H3. The van der Waals surface area contributed by atoms with E-state index < -0.39 is 0 Å². The summed E-state index contributed by atoms with van der Waals surface area (Å²) in [5.41, 5.74) is 2.66. The Morgan fingerprint density at radius 1 is 1.29 bits per heavy atom. The summed E-state index contributed by atoms with van der Waals surface area (Å²) < 4.78 is 5.12. The van der Waals surface area contributed by atoms with Gasteiger partial charge in [-0.2, -0.15) is 0 Å². The molecule has 1 aliphatic carbocycles. The average Bonchev–Trinajstić information content (AvgIpc) is 3.06. The molecule has 0 N–H and O–H groups in total. The van der Waals surface area contributed by atoms with Crippen molar-refractivity contribution in [1.82, 2.24) is 4.98 Å². The lowest BCUT2D eigenvalue weighted by atomic mass is 9.97. The van der Waals surface area contributed by atoms with Crippen molar-refractivity contribution in [3.8, 4) is 0 Å². The highest BCUT2D eigenvalue weighted by molar-refractivity contribution is 7.09. The van der Waals surface area contributed by atoms with Gasteiger partial charge in [-0.1, -0.05) is 30.3 Å². The Balaban J connectivity index is 1.92. The van der Waals surface area contributed by atoms with Crippen LogP contribution >= 0.6 is 11.3 Å². The van der Waals surface area contributed by atoms with Crippen LogP contribution in [0.4, 0.5) is 0 Å². The maximum atomic E-state index is 5.12. The van der Waals surface area contributed by atoms with Crippen molar-refractivity contribution in [3.05, 3.63) is 52.0 Å². The molecule has 1 aromatic carbocycles. The number of rotatable bonds is 4. The van der Waals surface area contributed by atoms with Gasteiger partial charge in [-0.25, -0.2) is 4.98 Å². The number of thiazole rings is 1. The fourth-order valence-electron chi connectivity index (χ4n) is 2.25. The number of methoxy groups -OCH3 is 1. The van der Waals surface area contributed by atoms with Gasteiger partial charge in [0.25, 0.3) is 0 Å². The number of aromatic nitrogens is 1. The molecule has 0 saturated heterocycles. The summed E-state index contributed by atoms with van der Waals surface area (Å²) in [5.74, 6) is 0. The third kappa shape index (κ3) is 1.90. The average molecular weight is 245 g/mol. The fraction of sp³-hybridized carbons (Fsp3) is 0.357. The minimum absolute atomic E-state index is 0.206. The molecule has 0 unspecified atom stereocenters. The zero-order valence-electron chi connectivity index (χ0n) is 9.85. The Labute approximate surface area is 105 Å². The second kappa shape index (κ2) is 4.24. The van der Waals surface area contributed by atoms with E-state index in [1.54, 1.807) is 18.4 Å². The second-order valence-corrected chi connectivity index (χ2v) is 5.38. The summed E-state index contributed by atoms with van der Waals surface area (Å²) in [4.78, 5) is 4.70. The second-order valence-electron chi connectivity index (χ2n) is 4.53. The van der Waals surface area contributed by atoms with Crippen molar-refractivity contribution in [2.24, 2.45) is 0 Å². The molecular formula is C14H15NOS. The molecule has 0 spiro atoms. The van der Waals surface area contributed by atoms with Gasteiger partial charge in [0.2, 0.25) is 0 Å². The van der Waals surface area contributed by atoms with Gasteiger partial charge in [0, 0.05) is 17.9 Å². The zero-order valence-corrected chi connectivity index (χ0v) is 10.7. The van der Waals surface area contributed by atoms with Crippen molar-refractivity contribution in [2.75, 3.05) is 7.11 Å². The Morgan fingerprint density at radius 3 is 2.71 bits per heavy atom. The quantitative estimate of drug-likeness (QED) is 0.824. The summed E-state index contributed by atoms with van der Waals surface area (Å²) in [5, 5.41) is 3.36. The van der Waals surface area contributed by atoms with E-state index in [-0.39, 0.29) is 5.41 Å². The molecule has 3 heteroatoms. The molecule has 0 bridgehead atoms.